The number of aromatic hydroxyl groups is 1. The summed E-state index contributed by atoms with van der Waals surface area (Å²) in [5.41, 5.74) is 3.55. The maximum Gasteiger partial charge on any atom is 0.116 e. The largest absolute Gasteiger partial charge is 0.508 e. The first kappa shape index (κ1) is 10.2. The number of fused-ring (bicyclic) bond motifs is 1. The van der Waals surface area contributed by atoms with Gasteiger partial charge in [0.15, 0.2) is 0 Å². The summed E-state index contributed by atoms with van der Waals surface area (Å²) in [6, 6.07) is 5.59. The molecule has 0 amide bonds. The first-order valence-electron chi connectivity index (χ1n) is 5.31. The van der Waals surface area contributed by atoms with E-state index in [0.29, 0.717) is 5.75 Å². The SMILES string of the molecule is C[C](C)CC1=NCCc2ccc(O)cc21. The second-order valence-corrected chi connectivity index (χ2v) is 4.30. The van der Waals surface area contributed by atoms with Crippen molar-refractivity contribution in [2.75, 3.05) is 6.54 Å². The molecule has 1 heterocycles. The Balaban J connectivity index is 2.36. The van der Waals surface area contributed by atoms with Crippen molar-refractivity contribution >= 4 is 5.71 Å². The smallest absolute Gasteiger partial charge is 0.116 e. The molecule has 0 saturated carbocycles. The molecule has 79 valence electrons. The molecule has 1 aliphatic rings. The number of aliphatic imine (C=N–C) groups is 1. The van der Waals surface area contributed by atoms with Gasteiger partial charge in [0.25, 0.3) is 0 Å². The van der Waals surface area contributed by atoms with Crippen molar-refractivity contribution in [1.82, 2.24) is 0 Å². The number of rotatable bonds is 2. The van der Waals surface area contributed by atoms with E-state index in [2.05, 4.69) is 18.8 Å². The molecule has 2 nitrogen and oxygen atoms in total. The third-order valence-electron chi connectivity index (χ3n) is 2.61. The van der Waals surface area contributed by atoms with Gasteiger partial charge in [-0.1, -0.05) is 19.9 Å². The Hall–Kier alpha value is -1.31. The second kappa shape index (κ2) is 4.05. The highest BCUT2D eigenvalue weighted by Gasteiger charge is 2.15. The van der Waals surface area contributed by atoms with Crippen molar-refractivity contribution in [3.8, 4) is 5.75 Å². The summed E-state index contributed by atoms with van der Waals surface area (Å²) in [6.07, 6.45) is 1.90. The second-order valence-electron chi connectivity index (χ2n) is 4.30. The van der Waals surface area contributed by atoms with Crippen LogP contribution < -0.4 is 0 Å². The lowest BCUT2D eigenvalue weighted by Crippen LogP contribution is -2.14. The average molecular weight is 202 g/mol. The number of phenolic OH excluding ortho intramolecular Hbond substituents is 1. The lowest BCUT2D eigenvalue weighted by atomic mass is 9.92. The zero-order chi connectivity index (χ0) is 10.8. The summed E-state index contributed by atoms with van der Waals surface area (Å²) in [5.74, 6) is 1.68. The fourth-order valence-electron chi connectivity index (χ4n) is 1.93. The maximum atomic E-state index is 9.48. The molecule has 1 aromatic rings. The fraction of sp³-hybridized carbons (Fsp3) is 0.385. The highest BCUT2D eigenvalue weighted by Crippen LogP contribution is 2.24. The van der Waals surface area contributed by atoms with Crippen LogP contribution in [0.25, 0.3) is 0 Å². The van der Waals surface area contributed by atoms with Crippen LogP contribution in [0, 0.1) is 5.92 Å². The van der Waals surface area contributed by atoms with Gasteiger partial charge < -0.3 is 5.11 Å². The van der Waals surface area contributed by atoms with Crippen molar-refractivity contribution in [3.63, 3.8) is 0 Å². The zero-order valence-corrected chi connectivity index (χ0v) is 9.25. The standard InChI is InChI=1S/C13H16NO/c1-9(2)7-13-12-8-11(15)4-3-10(12)5-6-14-13/h3-4,8,15H,5-7H2,1-2H3. The topological polar surface area (TPSA) is 32.6 Å². The van der Waals surface area contributed by atoms with E-state index in [1.165, 1.54) is 11.5 Å². The Labute approximate surface area is 90.7 Å². The highest BCUT2D eigenvalue weighted by molar-refractivity contribution is 6.03. The minimum atomic E-state index is 0.331. The Morgan fingerprint density at radius 3 is 2.93 bits per heavy atom. The molecule has 0 saturated heterocycles. The molecule has 2 rings (SSSR count). The highest BCUT2D eigenvalue weighted by atomic mass is 16.3. The summed E-state index contributed by atoms with van der Waals surface area (Å²) in [6.45, 7) is 5.10. The number of nitrogens with zero attached hydrogens (tertiary/aromatic N) is 1. The van der Waals surface area contributed by atoms with Crippen LogP contribution in [0.1, 0.15) is 31.4 Å². The molecule has 1 radical (unpaired) electrons. The van der Waals surface area contributed by atoms with E-state index in [1.807, 2.05) is 12.1 Å². The van der Waals surface area contributed by atoms with E-state index >= 15 is 0 Å². The summed E-state index contributed by atoms with van der Waals surface area (Å²) >= 11 is 0. The molecule has 0 spiro atoms. The Morgan fingerprint density at radius 1 is 1.40 bits per heavy atom. The summed E-state index contributed by atoms with van der Waals surface area (Å²) in [4.78, 5) is 4.54. The summed E-state index contributed by atoms with van der Waals surface area (Å²) in [7, 11) is 0. The van der Waals surface area contributed by atoms with E-state index < -0.39 is 0 Å². The zero-order valence-electron chi connectivity index (χ0n) is 9.25. The molecule has 0 aliphatic carbocycles. The van der Waals surface area contributed by atoms with Gasteiger partial charge in [0, 0.05) is 17.8 Å². The lowest BCUT2D eigenvalue weighted by molar-refractivity contribution is 0.475. The predicted molar refractivity (Wildman–Crippen MR) is 62.4 cm³/mol. The molecule has 1 aliphatic heterocycles. The van der Waals surface area contributed by atoms with Crippen molar-refractivity contribution < 1.29 is 5.11 Å². The molecule has 2 heteroatoms. The van der Waals surface area contributed by atoms with E-state index in [-0.39, 0.29) is 0 Å². The number of phenols is 1. The maximum absolute atomic E-state index is 9.48. The number of benzene rings is 1. The fourth-order valence-corrected chi connectivity index (χ4v) is 1.93. The van der Waals surface area contributed by atoms with Crippen LogP contribution in [0.2, 0.25) is 0 Å². The Bertz CT molecular complexity index is 394. The molecular weight excluding hydrogens is 186 g/mol. The van der Waals surface area contributed by atoms with Crippen LogP contribution in [0.4, 0.5) is 0 Å². The molecular formula is C13H16NO. The van der Waals surface area contributed by atoms with Gasteiger partial charge in [-0.15, -0.1) is 0 Å². The Kier molecular flexibility index (Phi) is 2.76. The van der Waals surface area contributed by atoms with Crippen LogP contribution in [-0.2, 0) is 6.42 Å². The molecule has 0 fully saturated rings. The van der Waals surface area contributed by atoms with Gasteiger partial charge >= 0.3 is 0 Å². The molecule has 1 aromatic carbocycles. The third-order valence-corrected chi connectivity index (χ3v) is 2.61. The molecule has 0 bridgehead atoms. The van der Waals surface area contributed by atoms with Crippen molar-refractivity contribution in [2.24, 2.45) is 4.99 Å². The monoisotopic (exact) mass is 202 g/mol. The minimum Gasteiger partial charge on any atom is -0.508 e. The van der Waals surface area contributed by atoms with Crippen molar-refractivity contribution in [2.45, 2.75) is 26.7 Å². The van der Waals surface area contributed by atoms with E-state index in [0.717, 1.165) is 30.7 Å². The van der Waals surface area contributed by atoms with Crippen LogP contribution >= 0.6 is 0 Å². The molecule has 0 unspecified atom stereocenters. The quantitative estimate of drug-likeness (QED) is 0.785. The van der Waals surface area contributed by atoms with Gasteiger partial charge in [0.05, 0.1) is 0 Å². The Morgan fingerprint density at radius 2 is 2.20 bits per heavy atom. The number of hydrogen-bond donors (Lipinski definition) is 1. The normalized spacial score (nSPS) is 15.0. The first-order chi connectivity index (χ1) is 7.16. The predicted octanol–water partition coefficient (Wildman–Crippen LogP) is 2.74. The molecule has 0 atom stereocenters. The van der Waals surface area contributed by atoms with Gasteiger partial charge in [-0.25, -0.2) is 0 Å². The van der Waals surface area contributed by atoms with Crippen LogP contribution in [-0.4, -0.2) is 17.4 Å². The minimum absolute atomic E-state index is 0.331. The average Bonchev–Trinajstić information content (AvgIpc) is 2.18. The van der Waals surface area contributed by atoms with E-state index in [4.69, 9.17) is 0 Å². The molecule has 0 aromatic heterocycles. The van der Waals surface area contributed by atoms with Crippen LogP contribution in [0.5, 0.6) is 5.75 Å². The molecule has 15 heavy (non-hydrogen) atoms. The van der Waals surface area contributed by atoms with E-state index in [9.17, 15) is 5.11 Å². The summed E-state index contributed by atoms with van der Waals surface area (Å²) < 4.78 is 0. The molecule has 1 N–H and O–H groups in total. The van der Waals surface area contributed by atoms with Gasteiger partial charge in [0.1, 0.15) is 5.75 Å². The number of hydrogen-bond acceptors (Lipinski definition) is 2. The van der Waals surface area contributed by atoms with Gasteiger partial charge in [-0.05, 0) is 36.5 Å². The van der Waals surface area contributed by atoms with Gasteiger partial charge in [-0.3, -0.25) is 4.99 Å². The van der Waals surface area contributed by atoms with Gasteiger partial charge in [-0.2, -0.15) is 0 Å². The lowest BCUT2D eigenvalue weighted by Gasteiger charge is -2.18. The van der Waals surface area contributed by atoms with Crippen molar-refractivity contribution in [1.29, 1.82) is 0 Å². The third kappa shape index (κ3) is 2.20. The van der Waals surface area contributed by atoms with Crippen LogP contribution in [0.3, 0.4) is 0 Å². The first-order valence-corrected chi connectivity index (χ1v) is 5.31. The van der Waals surface area contributed by atoms with Crippen molar-refractivity contribution in [3.05, 3.63) is 35.2 Å². The van der Waals surface area contributed by atoms with E-state index in [1.54, 1.807) is 6.07 Å². The summed E-state index contributed by atoms with van der Waals surface area (Å²) in [5, 5.41) is 9.48. The van der Waals surface area contributed by atoms with Crippen LogP contribution in [0.15, 0.2) is 23.2 Å². The van der Waals surface area contributed by atoms with Gasteiger partial charge in [0.2, 0.25) is 0 Å².